The predicted octanol–water partition coefficient (Wildman–Crippen LogP) is 5.39. The van der Waals surface area contributed by atoms with Crippen molar-refractivity contribution < 1.29 is 9.59 Å². The van der Waals surface area contributed by atoms with Gasteiger partial charge in [-0.25, -0.2) is 0 Å². The van der Waals surface area contributed by atoms with Crippen LogP contribution in [0.2, 0.25) is 10.0 Å². The Hall–Kier alpha value is -3.15. The van der Waals surface area contributed by atoms with E-state index in [4.69, 9.17) is 23.2 Å². The SMILES string of the molecule is CC1=NN(c2ccccc2)C(=O)[C@@]12C(c1ccc(Cl)cc1)[C@]21C(=O)Nc2cccc(Cl)c21. The van der Waals surface area contributed by atoms with E-state index in [1.54, 1.807) is 24.3 Å². The van der Waals surface area contributed by atoms with Crippen LogP contribution in [0.5, 0.6) is 0 Å². The number of hydrazone groups is 1. The highest BCUT2D eigenvalue weighted by atomic mass is 35.5. The summed E-state index contributed by atoms with van der Waals surface area (Å²) in [6.45, 7) is 1.82. The van der Waals surface area contributed by atoms with Gasteiger partial charge in [0.05, 0.1) is 11.4 Å². The number of rotatable bonds is 2. The Labute approximate surface area is 194 Å². The molecule has 2 heterocycles. The van der Waals surface area contributed by atoms with Gasteiger partial charge in [0, 0.05) is 27.2 Å². The van der Waals surface area contributed by atoms with Gasteiger partial charge < -0.3 is 5.32 Å². The molecule has 0 aromatic heterocycles. The number of para-hydroxylation sites is 1. The van der Waals surface area contributed by atoms with Crippen LogP contribution in [0.3, 0.4) is 0 Å². The van der Waals surface area contributed by atoms with Crippen LogP contribution in [0.4, 0.5) is 11.4 Å². The molecule has 1 aliphatic carbocycles. The second-order valence-electron chi connectivity index (χ2n) is 8.36. The van der Waals surface area contributed by atoms with Crippen molar-refractivity contribution in [2.24, 2.45) is 10.5 Å². The number of nitrogens with zero attached hydrogens (tertiary/aromatic N) is 2. The van der Waals surface area contributed by atoms with E-state index >= 15 is 0 Å². The normalized spacial score (nSPS) is 27.7. The number of halogens is 2. The quantitative estimate of drug-likeness (QED) is 0.555. The fourth-order valence-electron chi connectivity index (χ4n) is 5.77. The molecule has 1 saturated carbocycles. The second-order valence-corrected chi connectivity index (χ2v) is 9.20. The lowest BCUT2D eigenvalue weighted by molar-refractivity contribution is -0.125. The molecule has 3 aromatic carbocycles. The Morgan fingerprint density at radius 3 is 2.34 bits per heavy atom. The van der Waals surface area contributed by atoms with Crippen LogP contribution in [0.15, 0.2) is 77.9 Å². The highest BCUT2D eigenvalue weighted by Crippen LogP contribution is 2.80. The largest absolute Gasteiger partial charge is 0.325 e. The van der Waals surface area contributed by atoms with Gasteiger partial charge in [-0.2, -0.15) is 10.1 Å². The fourth-order valence-corrected chi connectivity index (χ4v) is 6.22. The summed E-state index contributed by atoms with van der Waals surface area (Å²) in [5.41, 5.74) is 1.04. The minimum absolute atomic E-state index is 0.232. The molecule has 2 aliphatic heterocycles. The maximum atomic E-state index is 14.1. The molecule has 3 atom stereocenters. The molecular formula is C25H17Cl2N3O2. The average molecular weight is 462 g/mol. The first-order valence-electron chi connectivity index (χ1n) is 10.2. The number of fused-ring (bicyclic) bond motifs is 3. The van der Waals surface area contributed by atoms with Crippen molar-refractivity contribution in [3.63, 3.8) is 0 Å². The molecule has 0 radical (unpaired) electrons. The molecule has 0 saturated heterocycles. The van der Waals surface area contributed by atoms with E-state index < -0.39 is 16.7 Å². The van der Waals surface area contributed by atoms with E-state index in [0.29, 0.717) is 32.7 Å². The molecule has 3 aromatic rings. The van der Waals surface area contributed by atoms with Crippen LogP contribution in [0.1, 0.15) is 24.0 Å². The van der Waals surface area contributed by atoms with Crippen molar-refractivity contribution in [1.82, 2.24) is 0 Å². The number of carbonyl (C=O) groups excluding carboxylic acids is 2. The highest BCUT2D eigenvalue weighted by molar-refractivity contribution is 6.37. The maximum absolute atomic E-state index is 14.1. The summed E-state index contributed by atoms with van der Waals surface area (Å²) in [6, 6.07) is 21.9. The number of hydrogen-bond donors (Lipinski definition) is 1. The van der Waals surface area contributed by atoms with Crippen LogP contribution < -0.4 is 10.3 Å². The molecule has 6 rings (SSSR count). The average Bonchev–Trinajstić information content (AvgIpc) is 3.20. The Bertz CT molecular complexity index is 1340. The molecular weight excluding hydrogens is 445 g/mol. The minimum Gasteiger partial charge on any atom is -0.325 e. The molecule has 0 bridgehead atoms. The number of carbonyl (C=O) groups is 2. The van der Waals surface area contributed by atoms with E-state index in [2.05, 4.69) is 10.4 Å². The van der Waals surface area contributed by atoms with Crippen molar-refractivity contribution >= 4 is 52.1 Å². The zero-order valence-electron chi connectivity index (χ0n) is 17.0. The molecule has 2 spiro atoms. The van der Waals surface area contributed by atoms with Crippen molar-refractivity contribution in [2.75, 3.05) is 10.3 Å². The van der Waals surface area contributed by atoms with Gasteiger partial charge in [-0.3, -0.25) is 9.59 Å². The third-order valence-electron chi connectivity index (χ3n) is 6.97. The second kappa shape index (κ2) is 6.44. The third-order valence-corrected chi connectivity index (χ3v) is 7.54. The molecule has 1 fully saturated rings. The summed E-state index contributed by atoms with van der Waals surface area (Å²) >= 11 is 12.8. The first kappa shape index (κ1) is 19.5. The standard InChI is InChI=1S/C25H17Cl2N3O2/c1-14-24(23(32)30(29-14)17-6-3-2-4-7-17)21(15-10-12-16(26)13-11-15)25(24)20-18(27)8-5-9-19(20)28-22(25)31/h2-13,21H,1H3,(H,28,31)/t21?,24-,25+/m0/s1. The number of anilines is 2. The van der Waals surface area contributed by atoms with E-state index in [1.165, 1.54) is 5.01 Å². The van der Waals surface area contributed by atoms with E-state index in [0.717, 1.165) is 5.56 Å². The molecule has 1 N–H and O–H groups in total. The lowest BCUT2D eigenvalue weighted by Crippen LogP contribution is -2.38. The molecule has 5 nitrogen and oxygen atoms in total. The summed E-state index contributed by atoms with van der Waals surface area (Å²) in [5, 5.41) is 10.1. The number of nitrogens with one attached hydrogen (secondary N) is 1. The lowest BCUT2D eigenvalue weighted by atomic mass is 9.84. The molecule has 32 heavy (non-hydrogen) atoms. The van der Waals surface area contributed by atoms with Crippen LogP contribution in [0, 0.1) is 5.41 Å². The first-order valence-corrected chi connectivity index (χ1v) is 11.0. The van der Waals surface area contributed by atoms with Crippen LogP contribution in [0.25, 0.3) is 0 Å². The molecule has 7 heteroatoms. The Balaban J connectivity index is 1.62. The van der Waals surface area contributed by atoms with Gasteiger partial charge in [-0.15, -0.1) is 0 Å². The van der Waals surface area contributed by atoms with Crippen molar-refractivity contribution in [3.05, 3.63) is 94.0 Å². The lowest BCUT2D eigenvalue weighted by Gasteiger charge is -2.18. The number of amides is 2. The van der Waals surface area contributed by atoms with Crippen LogP contribution >= 0.6 is 23.2 Å². The van der Waals surface area contributed by atoms with E-state index in [9.17, 15) is 9.59 Å². The molecule has 3 aliphatic rings. The number of benzene rings is 3. The topological polar surface area (TPSA) is 61.8 Å². The zero-order valence-corrected chi connectivity index (χ0v) is 18.5. The summed E-state index contributed by atoms with van der Waals surface area (Å²) < 4.78 is 0. The highest BCUT2D eigenvalue weighted by Gasteiger charge is 2.90. The van der Waals surface area contributed by atoms with Crippen molar-refractivity contribution in [1.29, 1.82) is 0 Å². The molecule has 2 amide bonds. The van der Waals surface area contributed by atoms with Gasteiger partial charge in [-0.05, 0) is 48.9 Å². The van der Waals surface area contributed by atoms with Gasteiger partial charge >= 0.3 is 0 Å². The van der Waals surface area contributed by atoms with Crippen LogP contribution in [-0.4, -0.2) is 17.5 Å². The minimum atomic E-state index is -1.18. The van der Waals surface area contributed by atoms with Gasteiger partial charge in [0.2, 0.25) is 5.91 Å². The van der Waals surface area contributed by atoms with Crippen LogP contribution in [-0.2, 0) is 15.0 Å². The van der Waals surface area contributed by atoms with Crippen molar-refractivity contribution in [2.45, 2.75) is 18.3 Å². The van der Waals surface area contributed by atoms with Gasteiger partial charge in [0.1, 0.15) is 10.8 Å². The Morgan fingerprint density at radius 2 is 1.62 bits per heavy atom. The maximum Gasteiger partial charge on any atom is 0.261 e. The fraction of sp³-hybridized carbons (Fsp3) is 0.160. The summed E-state index contributed by atoms with van der Waals surface area (Å²) in [4.78, 5) is 27.8. The summed E-state index contributed by atoms with van der Waals surface area (Å²) in [7, 11) is 0. The molecule has 158 valence electrons. The Kier molecular flexibility index (Phi) is 3.93. The van der Waals surface area contributed by atoms with Crippen molar-refractivity contribution in [3.8, 4) is 0 Å². The Morgan fingerprint density at radius 1 is 0.906 bits per heavy atom. The smallest absolute Gasteiger partial charge is 0.261 e. The summed E-state index contributed by atoms with van der Waals surface area (Å²) in [5.74, 6) is -0.930. The number of hydrogen-bond acceptors (Lipinski definition) is 3. The van der Waals surface area contributed by atoms with Gasteiger partial charge in [0.25, 0.3) is 5.91 Å². The van der Waals surface area contributed by atoms with Gasteiger partial charge in [0.15, 0.2) is 0 Å². The predicted molar refractivity (Wildman–Crippen MR) is 125 cm³/mol. The zero-order chi connectivity index (χ0) is 22.3. The third kappa shape index (κ3) is 2.13. The summed E-state index contributed by atoms with van der Waals surface area (Å²) in [6.07, 6.45) is 0. The van der Waals surface area contributed by atoms with Gasteiger partial charge in [-0.1, -0.05) is 59.6 Å². The van der Waals surface area contributed by atoms with E-state index in [-0.39, 0.29) is 11.8 Å². The molecule has 1 unspecified atom stereocenters. The monoisotopic (exact) mass is 461 g/mol. The van der Waals surface area contributed by atoms with E-state index in [1.807, 2.05) is 55.5 Å². The first-order chi connectivity index (χ1) is 15.4.